The fourth-order valence-corrected chi connectivity index (χ4v) is 8.16. The molecule has 0 aromatic rings. The molecule has 0 radical (unpaired) electrons. The van der Waals surface area contributed by atoms with Gasteiger partial charge in [0.1, 0.15) is 12.2 Å². The van der Waals surface area contributed by atoms with Gasteiger partial charge in [-0.25, -0.2) is 0 Å². The van der Waals surface area contributed by atoms with Gasteiger partial charge < -0.3 is 14.4 Å². The van der Waals surface area contributed by atoms with Crippen LogP contribution in [-0.4, -0.2) is 48.7 Å². The lowest BCUT2D eigenvalue weighted by molar-refractivity contribution is -0.179. The zero-order valence-corrected chi connectivity index (χ0v) is 21.4. The third-order valence-electron chi connectivity index (χ3n) is 10.1. The molecule has 4 aliphatic rings. The number of rotatable bonds is 6. The quantitative estimate of drug-likeness (QED) is 0.386. The Bertz CT molecular complexity index is 759. The van der Waals surface area contributed by atoms with E-state index in [2.05, 4.69) is 25.3 Å². The minimum absolute atomic E-state index is 0.0801. The van der Waals surface area contributed by atoms with Gasteiger partial charge in [-0.3, -0.25) is 9.59 Å². The highest BCUT2D eigenvalue weighted by atomic mass is 16.6. The van der Waals surface area contributed by atoms with Crippen LogP contribution < -0.4 is 0 Å². The number of fused-ring (bicyclic) bond motifs is 1. The summed E-state index contributed by atoms with van der Waals surface area (Å²) in [6.07, 6.45) is 10.7. The molecule has 0 bridgehead atoms. The van der Waals surface area contributed by atoms with Gasteiger partial charge in [0.25, 0.3) is 0 Å². The van der Waals surface area contributed by atoms with E-state index in [1.165, 1.54) is 77.6 Å². The molecule has 3 saturated carbocycles. The predicted octanol–water partition coefficient (Wildman–Crippen LogP) is 5.52. The SMILES string of the molecule is C=C1CCC2[C@H](CCN3CCCC3)C([C@@]3(C)CC[C@H](OC(C)=O)C[C@@H]3OC(C)=O)CC[C@]12C. The van der Waals surface area contributed by atoms with Crippen molar-refractivity contribution in [1.82, 2.24) is 4.90 Å². The number of nitrogens with zero attached hydrogens (tertiary/aromatic N) is 1. The van der Waals surface area contributed by atoms with Crippen molar-refractivity contribution >= 4 is 11.9 Å². The summed E-state index contributed by atoms with van der Waals surface area (Å²) >= 11 is 0. The van der Waals surface area contributed by atoms with Crippen molar-refractivity contribution in [3.05, 3.63) is 12.2 Å². The van der Waals surface area contributed by atoms with E-state index in [1.54, 1.807) is 0 Å². The van der Waals surface area contributed by atoms with Crippen molar-refractivity contribution < 1.29 is 19.1 Å². The molecule has 1 heterocycles. The molecule has 0 amide bonds. The lowest BCUT2D eigenvalue weighted by Crippen LogP contribution is -2.54. The molecule has 5 nitrogen and oxygen atoms in total. The van der Waals surface area contributed by atoms with Crippen LogP contribution >= 0.6 is 0 Å². The Morgan fingerprint density at radius 3 is 2.36 bits per heavy atom. The second-order valence-corrected chi connectivity index (χ2v) is 11.9. The largest absolute Gasteiger partial charge is 0.462 e. The summed E-state index contributed by atoms with van der Waals surface area (Å²) in [5.41, 5.74) is 1.63. The summed E-state index contributed by atoms with van der Waals surface area (Å²) < 4.78 is 11.6. The molecule has 0 spiro atoms. The highest BCUT2D eigenvalue weighted by Gasteiger charge is 2.57. The van der Waals surface area contributed by atoms with Gasteiger partial charge in [0, 0.05) is 25.7 Å². The number of hydrogen-bond acceptors (Lipinski definition) is 5. The summed E-state index contributed by atoms with van der Waals surface area (Å²) in [7, 11) is 0. The summed E-state index contributed by atoms with van der Waals surface area (Å²) in [5, 5.41) is 0. The highest BCUT2D eigenvalue weighted by molar-refractivity contribution is 5.66. The van der Waals surface area contributed by atoms with Gasteiger partial charge in [-0.15, -0.1) is 0 Å². The minimum Gasteiger partial charge on any atom is -0.462 e. The zero-order chi connectivity index (χ0) is 23.8. The van der Waals surface area contributed by atoms with Crippen molar-refractivity contribution in [3.63, 3.8) is 0 Å². The van der Waals surface area contributed by atoms with Crippen LogP contribution in [0, 0.1) is 28.6 Å². The number of carbonyl (C=O) groups excluding carboxylic acids is 2. The van der Waals surface area contributed by atoms with E-state index in [9.17, 15) is 9.59 Å². The molecule has 0 aromatic heterocycles. The molecule has 3 aliphatic carbocycles. The number of ether oxygens (including phenoxy) is 2. The lowest BCUT2D eigenvalue weighted by atomic mass is 9.50. The fraction of sp³-hybridized carbons (Fsp3) is 0.857. The van der Waals surface area contributed by atoms with Gasteiger partial charge in [-0.05, 0) is 101 Å². The number of hydrogen-bond donors (Lipinski definition) is 0. The molecular formula is C28H45NO4. The number of esters is 2. The van der Waals surface area contributed by atoms with Gasteiger partial charge in [-0.1, -0.05) is 26.0 Å². The van der Waals surface area contributed by atoms with Crippen LogP contribution in [0.15, 0.2) is 12.2 Å². The molecule has 0 aromatic carbocycles. The first-order valence-corrected chi connectivity index (χ1v) is 13.4. The fourth-order valence-electron chi connectivity index (χ4n) is 8.16. The van der Waals surface area contributed by atoms with Gasteiger partial charge in [-0.2, -0.15) is 0 Å². The van der Waals surface area contributed by atoms with Gasteiger partial charge >= 0.3 is 11.9 Å². The molecular weight excluding hydrogens is 414 g/mol. The molecule has 33 heavy (non-hydrogen) atoms. The Balaban J connectivity index is 1.60. The molecule has 5 heteroatoms. The topological polar surface area (TPSA) is 55.8 Å². The van der Waals surface area contributed by atoms with Gasteiger partial charge in [0.05, 0.1) is 0 Å². The second kappa shape index (κ2) is 9.71. The first-order chi connectivity index (χ1) is 15.6. The van der Waals surface area contributed by atoms with E-state index >= 15 is 0 Å². The van der Waals surface area contributed by atoms with Crippen molar-refractivity contribution in [2.45, 2.75) is 104 Å². The van der Waals surface area contributed by atoms with Gasteiger partial charge in [0.15, 0.2) is 0 Å². The average Bonchev–Trinajstić information content (AvgIpc) is 3.36. The Morgan fingerprint density at radius 2 is 1.70 bits per heavy atom. The van der Waals surface area contributed by atoms with E-state index in [1.807, 2.05) is 0 Å². The summed E-state index contributed by atoms with van der Waals surface area (Å²) in [5.74, 6) is 1.35. The standard InChI is InChI=1S/C28H45NO4/c1-19-8-9-24-23(12-17-29-15-6-7-16-29)25(11-14-27(19,24)4)28(5)13-10-22(32-20(2)30)18-26(28)33-21(3)31/h22-26H,1,6-18H2,2-5H3/t22-,23-,24?,25?,26-,27+,28+/m0/s1. The third-order valence-corrected chi connectivity index (χ3v) is 10.1. The third kappa shape index (κ3) is 4.90. The van der Waals surface area contributed by atoms with E-state index in [0.29, 0.717) is 24.2 Å². The molecule has 4 rings (SSSR count). The molecule has 1 aliphatic heterocycles. The van der Waals surface area contributed by atoms with Crippen molar-refractivity contribution in [2.75, 3.05) is 19.6 Å². The normalized spacial score (nSPS) is 41.6. The van der Waals surface area contributed by atoms with E-state index in [-0.39, 0.29) is 35.0 Å². The highest BCUT2D eigenvalue weighted by Crippen LogP contribution is 2.63. The Hall–Kier alpha value is -1.36. The maximum atomic E-state index is 12.1. The molecule has 4 fully saturated rings. The number of allylic oxidation sites excluding steroid dienone is 1. The summed E-state index contributed by atoms with van der Waals surface area (Å²) in [6.45, 7) is 16.0. The number of carbonyl (C=O) groups is 2. The van der Waals surface area contributed by atoms with Crippen LogP contribution in [0.4, 0.5) is 0 Å². The van der Waals surface area contributed by atoms with Crippen LogP contribution in [-0.2, 0) is 19.1 Å². The maximum Gasteiger partial charge on any atom is 0.302 e. The summed E-state index contributed by atoms with van der Waals surface area (Å²) in [6, 6.07) is 0. The van der Waals surface area contributed by atoms with Crippen molar-refractivity contribution in [3.8, 4) is 0 Å². The Kier molecular flexibility index (Phi) is 7.29. The van der Waals surface area contributed by atoms with Crippen LogP contribution in [0.1, 0.15) is 91.9 Å². The molecule has 2 unspecified atom stereocenters. The molecule has 1 saturated heterocycles. The molecule has 7 atom stereocenters. The van der Waals surface area contributed by atoms with E-state index in [0.717, 1.165) is 19.3 Å². The smallest absolute Gasteiger partial charge is 0.302 e. The van der Waals surface area contributed by atoms with Crippen LogP contribution in [0.25, 0.3) is 0 Å². The van der Waals surface area contributed by atoms with Crippen molar-refractivity contribution in [1.29, 1.82) is 0 Å². The monoisotopic (exact) mass is 459 g/mol. The predicted molar refractivity (Wildman–Crippen MR) is 130 cm³/mol. The average molecular weight is 460 g/mol. The zero-order valence-electron chi connectivity index (χ0n) is 21.4. The van der Waals surface area contributed by atoms with Crippen LogP contribution in [0.2, 0.25) is 0 Å². The Labute approximate surface area is 200 Å². The van der Waals surface area contributed by atoms with Crippen LogP contribution in [0.3, 0.4) is 0 Å². The Morgan fingerprint density at radius 1 is 1.00 bits per heavy atom. The first-order valence-electron chi connectivity index (χ1n) is 13.4. The van der Waals surface area contributed by atoms with E-state index in [4.69, 9.17) is 9.47 Å². The van der Waals surface area contributed by atoms with Crippen LogP contribution in [0.5, 0.6) is 0 Å². The maximum absolute atomic E-state index is 12.1. The molecule has 186 valence electrons. The summed E-state index contributed by atoms with van der Waals surface area (Å²) in [4.78, 5) is 26.4. The first kappa shape index (κ1) is 24.8. The van der Waals surface area contributed by atoms with Crippen molar-refractivity contribution in [2.24, 2.45) is 28.6 Å². The number of likely N-dealkylation sites (tertiary alicyclic amines) is 1. The minimum atomic E-state index is -0.244. The van der Waals surface area contributed by atoms with Gasteiger partial charge in [0.2, 0.25) is 0 Å². The lowest BCUT2D eigenvalue weighted by Gasteiger charge is -2.56. The molecule has 0 N–H and O–H groups in total. The van der Waals surface area contributed by atoms with E-state index < -0.39 is 0 Å². The second-order valence-electron chi connectivity index (χ2n) is 11.9.